The minimum atomic E-state index is -4.68. The van der Waals surface area contributed by atoms with Crippen LogP contribution in [0, 0.1) is 5.92 Å². The lowest BCUT2D eigenvalue weighted by Crippen LogP contribution is -2.38. The smallest absolute Gasteiger partial charge is 0.345 e. The number of fused-ring (bicyclic) bond motifs is 1. The fourth-order valence-corrected chi connectivity index (χ4v) is 3.96. The third kappa shape index (κ3) is 4.24. The number of rotatable bonds is 4. The summed E-state index contributed by atoms with van der Waals surface area (Å²) in [6.45, 7) is 2.05. The molecule has 1 heterocycles. The van der Waals surface area contributed by atoms with Crippen molar-refractivity contribution in [3.8, 4) is 0 Å². The summed E-state index contributed by atoms with van der Waals surface area (Å²) < 4.78 is 38.2. The van der Waals surface area contributed by atoms with E-state index in [2.05, 4.69) is 12.2 Å². The molecule has 2 atom stereocenters. The largest absolute Gasteiger partial charge is 0.431 e. The summed E-state index contributed by atoms with van der Waals surface area (Å²) >= 11 is 6.07. The monoisotopic (exact) mass is 412 g/mol. The van der Waals surface area contributed by atoms with E-state index >= 15 is 0 Å². The van der Waals surface area contributed by atoms with E-state index < -0.39 is 23.3 Å². The number of pyridine rings is 1. The number of H-pyrrole nitrogens is 1. The van der Waals surface area contributed by atoms with E-state index in [1.807, 2.05) is 12.1 Å². The first-order valence-electron chi connectivity index (χ1n) is 9.10. The average Bonchev–Trinajstić information content (AvgIpc) is 2.62. The summed E-state index contributed by atoms with van der Waals surface area (Å²) in [5, 5.41) is 3.47. The molecule has 0 spiro atoms. The summed E-state index contributed by atoms with van der Waals surface area (Å²) in [5.41, 5.74) is -0.622. The molecule has 2 aromatic rings. The molecule has 1 aromatic heterocycles. The van der Waals surface area contributed by atoms with Crippen molar-refractivity contribution in [1.29, 1.82) is 0 Å². The maximum absolute atomic E-state index is 12.7. The van der Waals surface area contributed by atoms with E-state index in [1.165, 1.54) is 0 Å². The molecule has 0 saturated carbocycles. The molecule has 150 valence electrons. The number of carbonyl (C=O) groups is 1. The highest BCUT2D eigenvalue weighted by atomic mass is 35.5. The first-order chi connectivity index (χ1) is 13.2. The number of nitrogens with one attached hydrogen (secondary N) is 2. The number of aromatic amines is 1. The zero-order valence-electron chi connectivity index (χ0n) is 15.2. The van der Waals surface area contributed by atoms with Gasteiger partial charge >= 0.3 is 6.18 Å². The number of benzene rings is 1. The number of halogens is 4. The van der Waals surface area contributed by atoms with Gasteiger partial charge in [0.2, 0.25) is 0 Å². The number of alkyl halides is 3. The number of aryl methyl sites for hydroxylation is 1. The normalized spacial score (nSPS) is 19.2. The van der Waals surface area contributed by atoms with Crippen LogP contribution >= 0.6 is 11.6 Å². The number of hydrogen-bond acceptors (Lipinski definition) is 2. The van der Waals surface area contributed by atoms with Crippen molar-refractivity contribution in [2.24, 2.45) is 5.92 Å². The molecule has 0 saturated heterocycles. The molecule has 1 aliphatic carbocycles. The zero-order chi connectivity index (χ0) is 20.5. The first kappa shape index (κ1) is 20.5. The van der Waals surface area contributed by atoms with Crippen LogP contribution in [0.1, 0.15) is 59.4 Å². The molecule has 1 aliphatic rings. The molecule has 0 radical (unpaired) electrons. The number of hydrogen-bond donors (Lipinski definition) is 2. The van der Waals surface area contributed by atoms with Gasteiger partial charge in [-0.15, -0.1) is 0 Å². The molecule has 28 heavy (non-hydrogen) atoms. The second kappa shape index (κ2) is 7.99. The summed E-state index contributed by atoms with van der Waals surface area (Å²) in [5.74, 6) is -0.514. The Balaban J connectivity index is 1.90. The number of carbonyl (C=O) groups excluding carboxylic acids is 1. The minimum Gasteiger partial charge on any atom is -0.345 e. The molecule has 2 N–H and O–H groups in total. The lowest BCUT2D eigenvalue weighted by molar-refractivity contribution is -0.141. The molecule has 0 fully saturated rings. The Morgan fingerprint density at radius 2 is 2.04 bits per heavy atom. The van der Waals surface area contributed by atoms with Crippen LogP contribution < -0.4 is 10.9 Å². The highest BCUT2D eigenvalue weighted by Gasteiger charge is 2.34. The van der Waals surface area contributed by atoms with Crippen LogP contribution in [0.25, 0.3) is 0 Å². The molecular formula is C20H20ClF3N2O2. The van der Waals surface area contributed by atoms with Crippen molar-refractivity contribution < 1.29 is 18.0 Å². The Hall–Kier alpha value is -2.28. The van der Waals surface area contributed by atoms with Crippen LogP contribution in [-0.2, 0) is 12.6 Å². The summed E-state index contributed by atoms with van der Waals surface area (Å²) in [6, 6.07) is 6.77. The lowest BCUT2D eigenvalue weighted by Gasteiger charge is -2.34. The molecule has 1 amide bonds. The van der Waals surface area contributed by atoms with Crippen LogP contribution in [0.4, 0.5) is 13.2 Å². The Morgan fingerprint density at radius 1 is 1.29 bits per heavy atom. The second-order valence-corrected chi connectivity index (χ2v) is 7.43. The Kier molecular flexibility index (Phi) is 5.84. The van der Waals surface area contributed by atoms with Gasteiger partial charge in [0.05, 0.1) is 6.04 Å². The van der Waals surface area contributed by atoms with Gasteiger partial charge in [-0.05, 0) is 60.6 Å². The topological polar surface area (TPSA) is 62.0 Å². The fourth-order valence-electron chi connectivity index (χ4n) is 3.77. The van der Waals surface area contributed by atoms with E-state index in [-0.39, 0.29) is 17.5 Å². The molecule has 2 unspecified atom stereocenters. The molecule has 1 aromatic carbocycles. The maximum atomic E-state index is 12.7. The van der Waals surface area contributed by atoms with Crippen LogP contribution in [0.2, 0.25) is 5.02 Å². The van der Waals surface area contributed by atoms with Crippen molar-refractivity contribution in [3.05, 3.63) is 68.1 Å². The van der Waals surface area contributed by atoms with Gasteiger partial charge < -0.3 is 10.3 Å². The van der Waals surface area contributed by atoms with Gasteiger partial charge in [-0.3, -0.25) is 9.59 Å². The van der Waals surface area contributed by atoms with Gasteiger partial charge in [0.1, 0.15) is 11.3 Å². The van der Waals surface area contributed by atoms with Crippen LogP contribution in [-0.4, -0.2) is 10.9 Å². The van der Waals surface area contributed by atoms with Gasteiger partial charge in [-0.25, -0.2) is 0 Å². The Morgan fingerprint density at radius 3 is 2.68 bits per heavy atom. The van der Waals surface area contributed by atoms with Crippen molar-refractivity contribution >= 4 is 17.5 Å². The van der Waals surface area contributed by atoms with Crippen molar-refractivity contribution in [2.45, 2.75) is 44.8 Å². The van der Waals surface area contributed by atoms with Gasteiger partial charge in [-0.2, -0.15) is 13.2 Å². The van der Waals surface area contributed by atoms with Gasteiger partial charge in [0.25, 0.3) is 11.5 Å². The number of amides is 1. The molecule has 0 bridgehead atoms. The zero-order valence-corrected chi connectivity index (χ0v) is 16.0. The number of aromatic nitrogens is 1. The Bertz CT molecular complexity index is 940. The van der Waals surface area contributed by atoms with E-state index in [4.69, 9.17) is 11.6 Å². The van der Waals surface area contributed by atoms with Crippen LogP contribution in [0.5, 0.6) is 0 Å². The van der Waals surface area contributed by atoms with E-state index in [9.17, 15) is 22.8 Å². The summed E-state index contributed by atoms with van der Waals surface area (Å²) in [7, 11) is 0. The molecule has 8 heteroatoms. The van der Waals surface area contributed by atoms with Crippen molar-refractivity contribution in [1.82, 2.24) is 10.3 Å². The van der Waals surface area contributed by atoms with Crippen molar-refractivity contribution in [3.63, 3.8) is 0 Å². The summed E-state index contributed by atoms with van der Waals surface area (Å²) in [6.07, 6.45) is -1.16. The maximum Gasteiger partial charge on any atom is 0.431 e. The third-order valence-corrected chi connectivity index (χ3v) is 5.34. The molecule has 4 nitrogen and oxygen atoms in total. The predicted octanol–water partition coefficient (Wildman–Crippen LogP) is 4.88. The van der Waals surface area contributed by atoms with E-state index in [0.717, 1.165) is 42.9 Å². The van der Waals surface area contributed by atoms with Gasteiger partial charge in [0, 0.05) is 5.02 Å². The first-order valence-corrected chi connectivity index (χ1v) is 9.48. The predicted molar refractivity (Wildman–Crippen MR) is 100 cm³/mol. The highest BCUT2D eigenvalue weighted by Crippen LogP contribution is 2.38. The Labute approximate surface area is 165 Å². The second-order valence-electron chi connectivity index (χ2n) is 6.99. The quantitative estimate of drug-likeness (QED) is 0.751. The van der Waals surface area contributed by atoms with E-state index in [1.54, 1.807) is 11.1 Å². The standard InChI is InChI=1S/C20H20ClF3N2O2/c1-2-3-11-4-5-12-10-13(21)6-7-14(12)17(11)26-19(28)15-8-9-16(20(22,23)24)25-18(15)27/h6-11,17H,2-5H2,1H3,(H,25,27)(H,26,28). The summed E-state index contributed by atoms with van der Waals surface area (Å²) in [4.78, 5) is 26.5. The van der Waals surface area contributed by atoms with Gasteiger partial charge in [0.15, 0.2) is 0 Å². The molecule has 3 rings (SSSR count). The van der Waals surface area contributed by atoms with Gasteiger partial charge in [-0.1, -0.05) is 31.0 Å². The SMILES string of the molecule is CCCC1CCc2cc(Cl)ccc2C1NC(=O)c1ccc(C(F)(F)F)[nH]c1=O. The van der Waals surface area contributed by atoms with Crippen molar-refractivity contribution in [2.75, 3.05) is 0 Å². The molecule has 0 aliphatic heterocycles. The van der Waals surface area contributed by atoms with E-state index in [0.29, 0.717) is 11.1 Å². The fraction of sp³-hybridized carbons (Fsp3) is 0.400. The minimum absolute atomic E-state index is 0.177. The lowest BCUT2D eigenvalue weighted by atomic mass is 9.77. The molecular weight excluding hydrogens is 393 g/mol. The highest BCUT2D eigenvalue weighted by molar-refractivity contribution is 6.30. The van der Waals surface area contributed by atoms with Crippen LogP contribution in [0.3, 0.4) is 0 Å². The average molecular weight is 413 g/mol. The third-order valence-electron chi connectivity index (χ3n) is 5.10. The van der Waals surface area contributed by atoms with Crippen LogP contribution in [0.15, 0.2) is 35.1 Å².